The number of rotatable bonds is 13. The molecule has 3 aromatic rings. The summed E-state index contributed by atoms with van der Waals surface area (Å²) in [6.07, 6.45) is 2.20. The molecular weight excluding hydrogens is 529 g/mol. The van der Waals surface area contributed by atoms with Crippen LogP contribution in [0.25, 0.3) is 0 Å². The number of nitrogens with one attached hydrogen (secondary N) is 1. The van der Waals surface area contributed by atoms with E-state index in [1.807, 2.05) is 32.9 Å². The standard InChI is InChI=1S/C31H38FN3O4S/c1-5-7-20-33-31(37)24(4)34(21-26-13-8-10-14-28(26)32)30(36)22-35(29-15-11-9-12-25(29)6-2)40(38,39)27-18-16-23(3)17-19-27/h8-19,24H,5-7,20-22H2,1-4H3,(H,33,37)/t24-/m1/s1. The van der Waals surface area contributed by atoms with E-state index in [9.17, 15) is 22.4 Å². The predicted molar refractivity (Wildman–Crippen MR) is 156 cm³/mol. The van der Waals surface area contributed by atoms with Crippen molar-refractivity contribution < 1.29 is 22.4 Å². The van der Waals surface area contributed by atoms with Crippen LogP contribution in [-0.4, -0.2) is 44.3 Å². The number of halogens is 1. The van der Waals surface area contributed by atoms with Crippen LogP contribution in [0.2, 0.25) is 0 Å². The van der Waals surface area contributed by atoms with Gasteiger partial charge in [0.15, 0.2) is 0 Å². The molecule has 0 aliphatic rings. The molecule has 0 aliphatic carbocycles. The minimum absolute atomic E-state index is 0.0443. The van der Waals surface area contributed by atoms with E-state index in [0.717, 1.165) is 28.3 Å². The van der Waals surface area contributed by atoms with Gasteiger partial charge in [0.25, 0.3) is 10.0 Å². The third kappa shape index (κ3) is 7.47. The van der Waals surface area contributed by atoms with Crippen LogP contribution >= 0.6 is 0 Å². The summed E-state index contributed by atoms with van der Waals surface area (Å²) in [5, 5.41) is 2.83. The molecule has 0 heterocycles. The maximum atomic E-state index is 14.7. The number of aryl methyl sites for hydroxylation is 2. The number of benzene rings is 3. The zero-order valence-corrected chi connectivity index (χ0v) is 24.4. The smallest absolute Gasteiger partial charge is 0.264 e. The summed E-state index contributed by atoms with van der Waals surface area (Å²) in [5.74, 6) is -1.53. The van der Waals surface area contributed by atoms with Gasteiger partial charge in [0.05, 0.1) is 10.6 Å². The van der Waals surface area contributed by atoms with Gasteiger partial charge >= 0.3 is 0 Å². The minimum Gasteiger partial charge on any atom is -0.354 e. The molecule has 3 aromatic carbocycles. The fourth-order valence-electron chi connectivity index (χ4n) is 4.33. The monoisotopic (exact) mass is 567 g/mol. The van der Waals surface area contributed by atoms with Gasteiger partial charge in [-0.05, 0) is 56.5 Å². The van der Waals surface area contributed by atoms with Crippen molar-refractivity contribution in [2.45, 2.75) is 64.4 Å². The summed E-state index contributed by atoms with van der Waals surface area (Å²) in [6, 6.07) is 18.5. The van der Waals surface area contributed by atoms with Crippen molar-refractivity contribution in [3.05, 3.63) is 95.3 Å². The number of nitrogens with zero attached hydrogens (tertiary/aromatic N) is 2. The number of hydrogen-bond acceptors (Lipinski definition) is 4. The molecule has 0 unspecified atom stereocenters. The van der Waals surface area contributed by atoms with Crippen molar-refractivity contribution in [3.63, 3.8) is 0 Å². The molecule has 1 atom stereocenters. The molecule has 0 radical (unpaired) electrons. The first-order valence-electron chi connectivity index (χ1n) is 13.6. The van der Waals surface area contributed by atoms with E-state index in [1.54, 1.807) is 49.4 Å². The van der Waals surface area contributed by atoms with Crippen LogP contribution in [0, 0.1) is 12.7 Å². The molecule has 9 heteroatoms. The van der Waals surface area contributed by atoms with Crippen LogP contribution in [0.4, 0.5) is 10.1 Å². The van der Waals surface area contributed by atoms with Gasteiger partial charge in [0, 0.05) is 18.7 Å². The third-order valence-electron chi connectivity index (χ3n) is 6.82. The Morgan fingerprint density at radius 1 is 0.925 bits per heavy atom. The molecule has 7 nitrogen and oxygen atoms in total. The van der Waals surface area contributed by atoms with Crippen LogP contribution in [0.3, 0.4) is 0 Å². The largest absolute Gasteiger partial charge is 0.354 e. The van der Waals surface area contributed by atoms with Crippen molar-refractivity contribution >= 4 is 27.5 Å². The van der Waals surface area contributed by atoms with E-state index in [4.69, 9.17) is 0 Å². The highest BCUT2D eigenvalue weighted by molar-refractivity contribution is 7.92. The molecule has 0 aromatic heterocycles. The molecule has 0 bridgehead atoms. The lowest BCUT2D eigenvalue weighted by Crippen LogP contribution is -2.51. The molecule has 0 aliphatic heterocycles. The van der Waals surface area contributed by atoms with Gasteiger partial charge in [-0.15, -0.1) is 0 Å². The van der Waals surface area contributed by atoms with Crippen LogP contribution in [0.15, 0.2) is 77.7 Å². The Balaban J connectivity index is 2.05. The van der Waals surface area contributed by atoms with Gasteiger partial charge in [-0.3, -0.25) is 13.9 Å². The lowest BCUT2D eigenvalue weighted by Gasteiger charge is -2.32. The molecule has 0 fully saturated rings. The lowest BCUT2D eigenvalue weighted by atomic mass is 10.1. The summed E-state index contributed by atoms with van der Waals surface area (Å²) in [6.45, 7) is 7.02. The van der Waals surface area contributed by atoms with Gasteiger partial charge in [-0.2, -0.15) is 0 Å². The summed E-state index contributed by atoms with van der Waals surface area (Å²) < 4.78 is 43.7. The molecule has 0 saturated heterocycles. The Morgan fingerprint density at radius 2 is 1.55 bits per heavy atom. The van der Waals surface area contributed by atoms with E-state index in [0.29, 0.717) is 18.7 Å². The van der Waals surface area contributed by atoms with Crippen molar-refractivity contribution in [2.75, 3.05) is 17.4 Å². The number of unbranched alkanes of at least 4 members (excludes halogenated alkanes) is 1. The van der Waals surface area contributed by atoms with Gasteiger partial charge in [-0.25, -0.2) is 12.8 Å². The number of amides is 2. The molecule has 40 heavy (non-hydrogen) atoms. The highest BCUT2D eigenvalue weighted by atomic mass is 32.2. The van der Waals surface area contributed by atoms with Gasteiger partial charge in [-0.1, -0.05) is 74.4 Å². The van der Waals surface area contributed by atoms with Crippen LogP contribution in [-0.2, 0) is 32.6 Å². The van der Waals surface area contributed by atoms with E-state index in [1.165, 1.54) is 23.1 Å². The van der Waals surface area contributed by atoms with E-state index < -0.39 is 34.3 Å². The molecule has 3 rings (SSSR count). The highest BCUT2D eigenvalue weighted by Gasteiger charge is 2.33. The van der Waals surface area contributed by atoms with Crippen molar-refractivity contribution in [1.29, 1.82) is 0 Å². The van der Waals surface area contributed by atoms with E-state index in [2.05, 4.69) is 5.32 Å². The fraction of sp³-hybridized carbons (Fsp3) is 0.355. The summed E-state index contributed by atoms with van der Waals surface area (Å²) >= 11 is 0. The summed E-state index contributed by atoms with van der Waals surface area (Å²) in [4.78, 5) is 28.3. The van der Waals surface area contributed by atoms with Crippen LogP contribution in [0.5, 0.6) is 0 Å². The lowest BCUT2D eigenvalue weighted by molar-refractivity contribution is -0.139. The fourth-order valence-corrected chi connectivity index (χ4v) is 5.78. The second-order valence-corrected chi connectivity index (χ2v) is 11.6. The summed E-state index contributed by atoms with van der Waals surface area (Å²) in [5.41, 5.74) is 2.25. The minimum atomic E-state index is -4.17. The maximum Gasteiger partial charge on any atom is 0.264 e. The molecule has 214 valence electrons. The SMILES string of the molecule is CCCCNC(=O)[C@@H](C)N(Cc1ccccc1F)C(=O)CN(c1ccccc1CC)S(=O)(=O)c1ccc(C)cc1. The molecule has 0 spiro atoms. The Labute approximate surface area is 237 Å². The number of carbonyl (C=O) groups excluding carboxylic acids is 2. The topological polar surface area (TPSA) is 86.8 Å². The van der Waals surface area contributed by atoms with Crippen LogP contribution < -0.4 is 9.62 Å². The Morgan fingerprint density at radius 3 is 2.17 bits per heavy atom. The first-order valence-corrected chi connectivity index (χ1v) is 15.0. The Kier molecular flexibility index (Phi) is 10.8. The second kappa shape index (κ2) is 14.1. The quantitative estimate of drug-likeness (QED) is 0.287. The summed E-state index contributed by atoms with van der Waals surface area (Å²) in [7, 11) is -4.17. The maximum absolute atomic E-state index is 14.7. The highest BCUT2D eigenvalue weighted by Crippen LogP contribution is 2.28. The molecule has 1 N–H and O–H groups in total. The number of hydrogen-bond donors (Lipinski definition) is 1. The van der Waals surface area contributed by atoms with Gasteiger partial charge in [0.2, 0.25) is 11.8 Å². The second-order valence-electron chi connectivity index (χ2n) is 9.74. The number of para-hydroxylation sites is 1. The van der Waals surface area contributed by atoms with Gasteiger partial charge < -0.3 is 10.2 Å². The van der Waals surface area contributed by atoms with Crippen molar-refractivity contribution in [2.24, 2.45) is 0 Å². The van der Waals surface area contributed by atoms with E-state index in [-0.39, 0.29) is 22.9 Å². The van der Waals surface area contributed by atoms with E-state index >= 15 is 0 Å². The van der Waals surface area contributed by atoms with Crippen molar-refractivity contribution in [1.82, 2.24) is 10.2 Å². The number of carbonyl (C=O) groups is 2. The zero-order chi connectivity index (χ0) is 29.3. The third-order valence-corrected chi connectivity index (χ3v) is 8.60. The normalized spacial score (nSPS) is 12.0. The Bertz CT molecular complexity index is 1410. The number of sulfonamides is 1. The van der Waals surface area contributed by atoms with Gasteiger partial charge in [0.1, 0.15) is 18.4 Å². The average molecular weight is 568 g/mol. The molecule has 2 amide bonds. The first-order chi connectivity index (χ1) is 19.1. The zero-order valence-electron chi connectivity index (χ0n) is 23.6. The first kappa shape index (κ1) is 30.8. The molecular formula is C31H38FN3O4S. The molecule has 0 saturated carbocycles. The van der Waals surface area contributed by atoms with Crippen molar-refractivity contribution in [3.8, 4) is 0 Å². The predicted octanol–water partition coefficient (Wildman–Crippen LogP) is 5.23. The van der Waals surface area contributed by atoms with Crippen LogP contribution in [0.1, 0.15) is 50.3 Å². The number of anilines is 1. The average Bonchev–Trinajstić information content (AvgIpc) is 2.95. The Hall–Kier alpha value is -3.72.